The lowest BCUT2D eigenvalue weighted by Crippen LogP contribution is -2.45. The Hall–Kier alpha value is -0.770. The van der Waals surface area contributed by atoms with Gasteiger partial charge < -0.3 is 16.2 Å². The molecule has 1 rings (SSSR count). The van der Waals surface area contributed by atoms with Crippen molar-refractivity contribution in [1.82, 2.24) is 5.32 Å². The highest BCUT2D eigenvalue weighted by molar-refractivity contribution is 5.78. The molecule has 94 valence electrons. The van der Waals surface area contributed by atoms with Crippen molar-refractivity contribution in [3.05, 3.63) is 0 Å². The molecule has 1 aliphatic rings. The van der Waals surface area contributed by atoms with E-state index in [4.69, 9.17) is 5.73 Å². The fraction of sp³-hybridized carbons (Fsp3) is 0.917. The lowest BCUT2D eigenvalue weighted by molar-refractivity contribution is 0.138. The molecule has 1 fully saturated rings. The standard InChI is InChI=1S/C12H25N3O/c1-11(2,3)15-10(13)14-8-12(9-16)6-4-5-7-12/h16H,4-9H2,1-3H3,(H3,13,14,15). The van der Waals surface area contributed by atoms with Crippen LogP contribution < -0.4 is 11.1 Å². The third kappa shape index (κ3) is 4.00. The lowest BCUT2D eigenvalue weighted by atomic mass is 9.87. The second-order valence-corrected chi connectivity index (χ2v) is 5.94. The number of aliphatic hydroxyl groups excluding tert-OH is 1. The van der Waals surface area contributed by atoms with E-state index >= 15 is 0 Å². The zero-order chi connectivity index (χ0) is 12.2. The molecule has 0 saturated heterocycles. The van der Waals surface area contributed by atoms with Gasteiger partial charge in [-0.15, -0.1) is 0 Å². The number of guanidine groups is 1. The van der Waals surface area contributed by atoms with E-state index in [0.29, 0.717) is 12.5 Å². The highest BCUT2D eigenvalue weighted by Gasteiger charge is 2.33. The minimum absolute atomic E-state index is 0.00974. The molecule has 0 radical (unpaired) electrons. The molecule has 0 aliphatic heterocycles. The Morgan fingerprint density at radius 1 is 1.38 bits per heavy atom. The first-order chi connectivity index (χ1) is 7.37. The molecule has 0 aromatic carbocycles. The van der Waals surface area contributed by atoms with Crippen LogP contribution in [0.25, 0.3) is 0 Å². The summed E-state index contributed by atoms with van der Waals surface area (Å²) < 4.78 is 0. The Morgan fingerprint density at radius 2 is 1.94 bits per heavy atom. The summed E-state index contributed by atoms with van der Waals surface area (Å²) in [5.41, 5.74) is 5.74. The van der Waals surface area contributed by atoms with E-state index in [2.05, 4.69) is 10.3 Å². The summed E-state index contributed by atoms with van der Waals surface area (Å²) in [7, 11) is 0. The van der Waals surface area contributed by atoms with Crippen molar-refractivity contribution in [3.8, 4) is 0 Å². The molecule has 4 N–H and O–H groups in total. The average molecular weight is 227 g/mol. The van der Waals surface area contributed by atoms with Crippen LogP contribution in [0, 0.1) is 5.41 Å². The first kappa shape index (κ1) is 13.3. The zero-order valence-corrected chi connectivity index (χ0v) is 10.7. The van der Waals surface area contributed by atoms with Gasteiger partial charge in [0.25, 0.3) is 0 Å². The fourth-order valence-electron chi connectivity index (χ4n) is 2.17. The number of aliphatic imine (C=N–C) groups is 1. The van der Waals surface area contributed by atoms with Gasteiger partial charge in [0.05, 0.1) is 13.2 Å². The van der Waals surface area contributed by atoms with E-state index in [1.54, 1.807) is 0 Å². The van der Waals surface area contributed by atoms with Crippen LogP contribution in [0.4, 0.5) is 0 Å². The van der Waals surface area contributed by atoms with Crippen molar-refractivity contribution in [2.24, 2.45) is 16.1 Å². The van der Waals surface area contributed by atoms with Crippen LogP contribution in [0.3, 0.4) is 0 Å². The molecule has 0 unspecified atom stereocenters. The molecule has 4 nitrogen and oxygen atoms in total. The van der Waals surface area contributed by atoms with Gasteiger partial charge in [0, 0.05) is 11.0 Å². The number of hydrogen-bond acceptors (Lipinski definition) is 2. The molecule has 16 heavy (non-hydrogen) atoms. The van der Waals surface area contributed by atoms with Crippen LogP contribution in [0.5, 0.6) is 0 Å². The van der Waals surface area contributed by atoms with Gasteiger partial charge in [0.2, 0.25) is 0 Å². The van der Waals surface area contributed by atoms with Crippen LogP contribution in [0.2, 0.25) is 0 Å². The highest BCUT2D eigenvalue weighted by Crippen LogP contribution is 2.37. The maximum Gasteiger partial charge on any atom is 0.189 e. The zero-order valence-electron chi connectivity index (χ0n) is 10.7. The van der Waals surface area contributed by atoms with Gasteiger partial charge >= 0.3 is 0 Å². The Kier molecular flexibility index (Phi) is 4.19. The third-order valence-corrected chi connectivity index (χ3v) is 3.09. The smallest absolute Gasteiger partial charge is 0.189 e. The minimum atomic E-state index is -0.0599. The molecule has 0 amide bonds. The summed E-state index contributed by atoms with van der Waals surface area (Å²) in [5, 5.41) is 12.6. The van der Waals surface area contributed by atoms with Gasteiger partial charge in [0.1, 0.15) is 0 Å². The van der Waals surface area contributed by atoms with Gasteiger partial charge in [-0.3, -0.25) is 4.99 Å². The Morgan fingerprint density at radius 3 is 2.38 bits per heavy atom. The van der Waals surface area contributed by atoms with Crippen molar-refractivity contribution in [2.45, 2.75) is 52.0 Å². The molecule has 0 spiro atoms. The molecule has 4 heteroatoms. The topological polar surface area (TPSA) is 70.6 Å². The molecule has 0 heterocycles. The van der Waals surface area contributed by atoms with Gasteiger partial charge in [0.15, 0.2) is 5.96 Å². The van der Waals surface area contributed by atoms with Crippen molar-refractivity contribution >= 4 is 5.96 Å². The van der Waals surface area contributed by atoms with Crippen molar-refractivity contribution < 1.29 is 5.11 Å². The monoisotopic (exact) mass is 227 g/mol. The maximum absolute atomic E-state index is 9.43. The van der Waals surface area contributed by atoms with Crippen LogP contribution in [-0.4, -0.2) is 29.8 Å². The lowest BCUT2D eigenvalue weighted by Gasteiger charge is -2.25. The Labute approximate surface area is 98.3 Å². The number of nitrogens with two attached hydrogens (primary N) is 1. The predicted molar refractivity (Wildman–Crippen MR) is 67.4 cm³/mol. The molecule has 0 aromatic heterocycles. The summed E-state index contributed by atoms with van der Waals surface area (Å²) in [6.45, 7) is 7.00. The minimum Gasteiger partial charge on any atom is -0.396 e. The maximum atomic E-state index is 9.43. The molecular weight excluding hydrogens is 202 g/mol. The van der Waals surface area contributed by atoms with E-state index in [9.17, 15) is 5.11 Å². The van der Waals surface area contributed by atoms with E-state index < -0.39 is 0 Å². The summed E-state index contributed by atoms with van der Waals surface area (Å²) in [6, 6.07) is 0. The molecule has 0 bridgehead atoms. The van der Waals surface area contributed by atoms with Crippen LogP contribution in [0.1, 0.15) is 46.5 Å². The van der Waals surface area contributed by atoms with E-state index in [1.165, 1.54) is 12.8 Å². The number of aliphatic hydroxyl groups is 1. The van der Waals surface area contributed by atoms with Gasteiger partial charge in [-0.2, -0.15) is 0 Å². The van der Waals surface area contributed by atoms with E-state index in [-0.39, 0.29) is 17.6 Å². The third-order valence-electron chi connectivity index (χ3n) is 3.09. The second-order valence-electron chi connectivity index (χ2n) is 5.94. The van der Waals surface area contributed by atoms with Crippen molar-refractivity contribution in [2.75, 3.05) is 13.2 Å². The molecule has 1 aliphatic carbocycles. The molecule has 0 aromatic rings. The largest absolute Gasteiger partial charge is 0.396 e. The second kappa shape index (κ2) is 5.04. The number of hydrogen-bond donors (Lipinski definition) is 3. The first-order valence-corrected chi connectivity index (χ1v) is 6.06. The van der Waals surface area contributed by atoms with Crippen molar-refractivity contribution in [3.63, 3.8) is 0 Å². The first-order valence-electron chi connectivity index (χ1n) is 6.06. The van der Waals surface area contributed by atoms with Gasteiger partial charge in [-0.05, 0) is 33.6 Å². The molecule has 1 saturated carbocycles. The Balaban J connectivity index is 2.50. The number of nitrogens with zero attached hydrogens (tertiary/aromatic N) is 1. The van der Waals surface area contributed by atoms with E-state index in [1.807, 2.05) is 20.8 Å². The van der Waals surface area contributed by atoms with Crippen LogP contribution in [-0.2, 0) is 0 Å². The van der Waals surface area contributed by atoms with Gasteiger partial charge in [-0.25, -0.2) is 0 Å². The molecular formula is C12H25N3O. The van der Waals surface area contributed by atoms with Crippen LogP contribution >= 0.6 is 0 Å². The number of rotatable bonds is 3. The molecule has 0 atom stereocenters. The predicted octanol–water partition coefficient (Wildman–Crippen LogP) is 1.24. The summed E-state index contributed by atoms with van der Waals surface area (Å²) in [6.07, 6.45) is 4.52. The fourth-order valence-corrected chi connectivity index (χ4v) is 2.17. The summed E-state index contributed by atoms with van der Waals surface area (Å²) in [5.74, 6) is 0.479. The average Bonchev–Trinajstić information content (AvgIpc) is 2.61. The van der Waals surface area contributed by atoms with Gasteiger partial charge in [-0.1, -0.05) is 12.8 Å². The SMILES string of the molecule is CC(C)(C)NC(N)=NCC1(CO)CCCC1. The normalized spacial score (nSPS) is 21.1. The number of nitrogens with one attached hydrogen (secondary N) is 1. The summed E-state index contributed by atoms with van der Waals surface area (Å²) in [4.78, 5) is 4.36. The Bertz CT molecular complexity index is 249. The summed E-state index contributed by atoms with van der Waals surface area (Å²) >= 11 is 0. The highest BCUT2D eigenvalue weighted by atomic mass is 16.3. The van der Waals surface area contributed by atoms with Crippen LogP contribution in [0.15, 0.2) is 4.99 Å². The quantitative estimate of drug-likeness (QED) is 0.502. The van der Waals surface area contributed by atoms with E-state index in [0.717, 1.165) is 12.8 Å². The van der Waals surface area contributed by atoms with Crippen molar-refractivity contribution in [1.29, 1.82) is 0 Å².